The summed E-state index contributed by atoms with van der Waals surface area (Å²) in [5, 5.41) is 2.88. The van der Waals surface area contributed by atoms with E-state index in [-0.39, 0.29) is 11.4 Å². The van der Waals surface area contributed by atoms with Gasteiger partial charge >= 0.3 is 0 Å². The molecule has 0 aliphatic rings. The quantitative estimate of drug-likeness (QED) is 0.856. The molecule has 0 aromatic heterocycles. The SMILES string of the molecule is CC(Oc1ccc(CN)cc1)C(=O)NC(C)(C)C. The van der Waals surface area contributed by atoms with Crippen LogP contribution in [0.5, 0.6) is 5.75 Å². The van der Waals surface area contributed by atoms with Crippen LogP contribution in [0.4, 0.5) is 0 Å². The van der Waals surface area contributed by atoms with Crippen LogP contribution < -0.4 is 15.8 Å². The molecule has 4 heteroatoms. The Balaban J connectivity index is 2.58. The minimum atomic E-state index is -0.520. The zero-order valence-electron chi connectivity index (χ0n) is 11.5. The molecule has 0 saturated carbocycles. The van der Waals surface area contributed by atoms with Crippen LogP contribution in [-0.2, 0) is 11.3 Å². The Morgan fingerprint density at radius 3 is 2.33 bits per heavy atom. The summed E-state index contributed by atoms with van der Waals surface area (Å²) in [6.07, 6.45) is -0.520. The molecule has 0 bridgehead atoms. The first kappa shape index (κ1) is 14.5. The van der Waals surface area contributed by atoms with Crippen molar-refractivity contribution < 1.29 is 9.53 Å². The molecule has 0 spiro atoms. The Morgan fingerprint density at radius 1 is 1.33 bits per heavy atom. The maximum Gasteiger partial charge on any atom is 0.261 e. The monoisotopic (exact) mass is 250 g/mol. The second-order valence-corrected chi connectivity index (χ2v) is 5.35. The van der Waals surface area contributed by atoms with Crippen LogP contribution >= 0.6 is 0 Å². The average Bonchev–Trinajstić information content (AvgIpc) is 2.27. The van der Waals surface area contributed by atoms with Crippen molar-refractivity contribution in [3.05, 3.63) is 29.8 Å². The van der Waals surface area contributed by atoms with Gasteiger partial charge in [-0.05, 0) is 45.4 Å². The zero-order valence-corrected chi connectivity index (χ0v) is 11.5. The molecule has 3 N–H and O–H groups in total. The Kier molecular flexibility index (Phi) is 4.73. The topological polar surface area (TPSA) is 64.3 Å². The molecule has 1 amide bonds. The van der Waals surface area contributed by atoms with Gasteiger partial charge in [-0.15, -0.1) is 0 Å². The summed E-state index contributed by atoms with van der Waals surface area (Å²) < 4.78 is 5.57. The highest BCUT2D eigenvalue weighted by molar-refractivity contribution is 5.81. The molecular weight excluding hydrogens is 228 g/mol. The minimum Gasteiger partial charge on any atom is -0.481 e. The molecule has 1 atom stereocenters. The normalized spacial score (nSPS) is 12.9. The van der Waals surface area contributed by atoms with Gasteiger partial charge in [0.2, 0.25) is 0 Å². The fraction of sp³-hybridized carbons (Fsp3) is 0.500. The van der Waals surface area contributed by atoms with Gasteiger partial charge in [0, 0.05) is 12.1 Å². The van der Waals surface area contributed by atoms with Crippen LogP contribution in [0.15, 0.2) is 24.3 Å². The molecule has 1 rings (SSSR count). The molecule has 0 saturated heterocycles. The lowest BCUT2D eigenvalue weighted by atomic mass is 10.1. The fourth-order valence-electron chi connectivity index (χ4n) is 1.43. The van der Waals surface area contributed by atoms with E-state index in [0.29, 0.717) is 12.3 Å². The average molecular weight is 250 g/mol. The zero-order chi connectivity index (χ0) is 13.8. The van der Waals surface area contributed by atoms with Crippen LogP contribution in [0.2, 0.25) is 0 Å². The van der Waals surface area contributed by atoms with Gasteiger partial charge in [0.25, 0.3) is 5.91 Å². The molecule has 1 unspecified atom stereocenters. The molecule has 100 valence electrons. The van der Waals surface area contributed by atoms with Gasteiger partial charge in [-0.2, -0.15) is 0 Å². The van der Waals surface area contributed by atoms with Crippen LogP contribution in [-0.4, -0.2) is 17.6 Å². The first-order valence-corrected chi connectivity index (χ1v) is 6.09. The lowest BCUT2D eigenvalue weighted by Gasteiger charge is -2.23. The van der Waals surface area contributed by atoms with E-state index in [4.69, 9.17) is 10.5 Å². The maximum atomic E-state index is 11.8. The van der Waals surface area contributed by atoms with Crippen molar-refractivity contribution in [1.82, 2.24) is 5.32 Å². The van der Waals surface area contributed by atoms with E-state index in [1.807, 2.05) is 45.0 Å². The third-order valence-corrected chi connectivity index (χ3v) is 2.34. The molecule has 1 aromatic carbocycles. The first-order chi connectivity index (χ1) is 8.31. The number of hydrogen-bond donors (Lipinski definition) is 2. The number of nitrogens with one attached hydrogen (secondary N) is 1. The molecule has 0 fully saturated rings. The standard InChI is InChI=1S/C14H22N2O2/c1-10(13(17)16-14(2,3)4)18-12-7-5-11(9-15)6-8-12/h5-8,10H,9,15H2,1-4H3,(H,16,17). The fourth-order valence-corrected chi connectivity index (χ4v) is 1.43. The number of ether oxygens (including phenoxy) is 1. The van der Waals surface area contributed by atoms with E-state index in [2.05, 4.69) is 5.32 Å². The number of benzene rings is 1. The van der Waals surface area contributed by atoms with Crippen LogP contribution in [0, 0.1) is 0 Å². The van der Waals surface area contributed by atoms with Gasteiger partial charge in [0.05, 0.1) is 0 Å². The summed E-state index contributed by atoms with van der Waals surface area (Å²) in [5.41, 5.74) is 6.30. The number of nitrogens with two attached hydrogens (primary N) is 1. The van der Waals surface area contributed by atoms with Gasteiger partial charge in [-0.3, -0.25) is 4.79 Å². The van der Waals surface area contributed by atoms with Crippen molar-refractivity contribution >= 4 is 5.91 Å². The van der Waals surface area contributed by atoms with E-state index in [9.17, 15) is 4.79 Å². The van der Waals surface area contributed by atoms with Gasteiger partial charge in [-0.25, -0.2) is 0 Å². The Hall–Kier alpha value is -1.55. The number of hydrogen-bond acceptors (Lipinski definition) is 3. The molecule has 0 radical (unpaired) electrons. The molecule has 4 nitrogen and oxygen atoms in total. The predicted octanol–water partition coefficient (Wildman–Crippen LogP) is 1.83. The Morgan fingerprint density at radius 2 is 1.89 bits per heavy atom. The van der Waals surface area contributed by atoms with Crippen molar-refractivity contribution in [1.29, 1.82) is 0 Å². The molecular formula is C14H22N2O2. The third kappa shape index (κ3) is 4.75. The van der Waals surface area contributed by atoms with Crippen LogP contribution in [0.1, 0.15) is 33.3 Å². The maximum absolute atomic E-state index is 11.8. The number of carbonyl (C=O) groups is 1. The van der Waals surface area contributed by atoms with Crippen molar-refractivity contribution in [2.45, 2.75) is 45.9 Å². The highest BCUT2D eigenvalue weighted by Gasteiger charge is 2.20. The highest BCUT2D eigenvalue weighted by atomic mass is 16.5. The molecule has 1 aromatic rings. The number of rotatable bonds is 4. The minimum absolute atomic E-state index is 0.120. The van der Waals surface area contributed by atoms with Crippen LogP contribution in [0.25, 0.3) is 0 Å². The summed E-state index contributed by atoms with van der Waals surface area (Å²) in [6, 6.07) is 7.43. The second-order valence-electron chi connectivity index (χ2n) is 5.35. The third-order valence-electron chi connectivity index (χ3n) is 2.34. The smallest absolute Gasteiger partial charge is 0.261 e. The summed E-state index contributed by atoms with van der Waals surface area (Å²) in [5.74, 6) is 0.550. The van der Waals surface area contributed by atoms with E-state index < -0.39 is 6.10 Å². The van der Waals surface area contributed by atoms with E-state index in [1.54, 1.807) is 6.92 Å². The van der Waals surface area contributed by atoms with Crippen molar-refractivity contribution in [3.63, 3.8) is 0 Å². The summed E-state index contributed by atoms with van der Waals surface area (Å²) in [6.45, 7) is 8.05. The van der Waals surface area contributed by atoms with Gasteiger partial charge in [0.1, 0.15) is 5.75 Å². The van der Waals surface area contributed by atoms with Crippen LogP contribution in [0.3, 0.4) is 0 Å². The lowest BCUT2D eigenvalue weighted by Crippen LogP contribution is -2.46. The van der Waals surface area contributed by atoms with Gasteiger partial charge in [-0.1, -0.05) is 12.1 Å². The first-order valence-electron chi connectivity index (χ1n) is 6.09. The number of carbonyl (C=O) groups excluding carboxylic acids is 1. The van der Waals surface area contributed by atoms with E-state index >= 15 is 0 Å². The van der Waals surface area contributed by atoms with E-state index in [1.165, 1.54) is 0 Å². The molecule has 0 heterocycles. The van der Waals surface area contributed by atoms with Crippen molar-refractivity contribution in [3.8, 4) is 5.75 Å². The molecule has 0 aliphatic carbocycles. The second kappa shape index (κ2) is 5.87. The van der Waals surface area contributed by atoms with Gasteiger partial charge in [0.15, 0.2) is 6.10 Å². The lowest BCUT2D eigenvalue weighted by molar-refractivity contribution is -0.128. The highest BCUT2D eigenvalue weighted by Crippen LogP contribution is 2.14. The molecule has 0 aliphatic heterocycles. The Labute approximate surface area is 109 Å². The van der Waals surface area contributed by atoms with Crippen molar-refractivity contribution in [2.75, 3.05) is 0 Å². The Bertz CT molecular complexity index is 393. The van der Waals surface area contributed by atoms with Gasteiger partial charge < -0.3 is 15.8 Å². The predicted molar refractivity (Wildman–Crippen MR) is 72.3 cm³/mol. The van der Waals surface area contributed by atoms with E-state index in [0.717, 1.165) is 5.56 Å². The largest absolute Gasteiger partial charge is 0.481 e. The summed E-state index contributed by atoms with van der Waals surface area (Å²) in [4.78, 5) is 11.8. The van der Waals surface area contributed by atoms with Crippen molar-refractivity contribution in [2.24, 2.45) is 5.73 Å². The summed E-state index contributed by atoms with van der Waals surface area (Å²) >= 11 is 0. The number of amides is 1. The molecule has 18 heavy (non-hydrogen) atoms. The summed E-state index contributed by atoms with van der Waals surface area (Å²) in [7, 11) is 0.